The molecule has 0 unspecified atom stereocenters. The summed E-state index contributed by atoms with van der Waals surface area (Å²) in [5, 5.41) is 6.59. The van der Waals surface area contributed by atoms with Crippen molar-refractivity contribution in [3.05, 3.63) is 101 Å². The summed E-state index contributed by atoms with van der Waals surface area (Å²) < 4.78 is 47.0. The number of methoxy groups -OCH3 is 1. The van der Waals surface area contributed by atoms with E-state index in [2.05, 4.69) is 10.6 Å². The zero-order valence-corrected chi connectivity index (χ0v) is 18.4. The highest BCUT2D eigenvalue weighted by Gasteiger charge is 2.40. The van der Waals surface area contributed by atoms with Gasteiger partial charge in [0.25, 0.3) is 0 Å². The highest BCUT2D eigenvalue weighted by molar-refractivity contribution is 6.01. The summed E-state index contributed by atoms with van der Waals surface area (Å²) >= 11 is 0. The van der Waals surface area contributed by atoms with Gasteiger partial charge >= 0.3 is 6.18 Å². The van der Waals surface area contributed by atoms with Gasteiger partial charge in [0.1, 0.15) is 5.75 Å². The van der Waals surface area contributed by atoms with Crippen LogP contribution in [-0.2, 0) is 11.0 Å². The number of halogens is 3. The quantitative estimate of drug-likeness (QED) is 0.453. The molecule has 2 atom stereocenters. The van der Waals surface area contributed by atoms with Crippen molar-refractivity contribution in [3.63, 3.8) is 0 Å². The Morgan fingerprint density at radius 2 is 1.56 bits per heavy atom. The van der Waals surface area contributed by atoms with Gasteiger partial charge in [-0.25, -0.2) is 0 Å². The second-order valence-corrected chi connectivity index (χ2v) is 8.53. The molecule has 0 fully saturated rings. The van der Waals surface area contributed by atoms with Crippen LogP contribution in [0.1, 0.15) is 41.5 Å². The van der Waals surface area contributed by atoms with E-state index in [9.17, 15) is 18.0 Å². The maximum Gasteiger partial charge on any atom is 0.416 e. The van der Waals surface area contributed by atoms with E-state index in [0.29, 0.717) is 23.4 Å². The predicted octanol–water partition coefficient (Wildman–Crippen LogP) is 6.69. The Bertz CT molecular complexity index is 1270. The number of allylic oxidation sites excluding steroid dienone is 1. The second kappa shape index (κ2) is 8.56. The minimum atomic E-state index is -4.54. The number of hydrogen-bond donors (Lipinski definition) is 2. The van der Waals surface area contributed by atoms with Gasteiger partial charge in [-0.3, -0.25) is 4.79 Å². The van der Waals surface area contributed by atoms with E-state index in [4.69, 9.17) is 4.74 Å². The van der Waals surface area contributed by atoms with Crippen molar-refractivity contribution >= 4 is 17.2 Å². The molecule has 1 aliphatic carbocycles. The standard InChI is InChI=1S/C27H23F3N2O2/c1-34-18-12-10-16(11-13-18)17-14-23-25(24(33)15-17)26(32-22-9-5-4-8-21(22)31-23)19-6-2-3-7-20(19)27(28,29)30/h2-13,17,26,31-32H,14-15H2,1H3/t17-,26-/m0/s1. The number of anilines is 2. The zero-order chi connectivity index (χ0) is 23.9. The molecule has 0 radical (unpaired) electrons. The molecule has 0 aromatic heterocycles. The summed E-state index contributed by atoms with van der Waals surface area (Å²) in [6, 6.07) is 19.4. The van der Waals surface area contributed by atoms with Crippen LogP contribution in [0.2, 0.25) is 0 Å². The summed E-state index contributed by atoms with van der Waals surface area (Å²) in [6.45, 7) is 0. The first-order valence-electron chi connectivity index (χ1n) is 11.0. The van der Waals surface area contributed by atoms with Crippen LogP contribution in [0.25, 0.3) is 0 Å². The average molecular weight is 464 g/mol. The zero-order valence-electron chi connectivity index (χ0n) is 18.4. The van der Waals surface area contributed by atoms with Gasteiger partial charge in [-0.05, 0) is 53.8 Å². The number of benzene rings is 3. The molecular formula is C27H23F3N2O2. The third-order valence-corrected chi connectivity index (χ3v) is 6.47. The summed E-state index contributed by atoms with van der Waals surface area (Å²) in [5.41, 5.74) is 2.66. The van der Waals surface area contributed by atoms with Crippen molar-refractivity contribution in [3.8, 4) is 5.75 Å². The number of para-hydroxylation sites is 2. The van der Waals surface area contributed by atoms with E-state index in [0.717, 1.165) is 23.1 Å². The molecule has 7 heteroatoms. The maximum absolute atomic E-state index is 13.9. The van der Waals surface area contributed by atoms with Gasteiger partial charge in [0.05, 0.1) is 30.1 Å². The first kappa shape index (κ1) is 22.1. The number of ketones is 1. The molecule has 0 saturated heterocycles. The van der Waals surface area contributed by atoms with E-state index in [1.165, 1.54) is 12.1 Å². The van der Waals surface area contributed by atoms with E-state index in [1.807, 2.05) is 42.5 Å². The lowest BCUT2D eigenvalue weighted by Crippen LogP contribution is -2.28. The SMILES string of the molecule is COc1ccc([C@@H]2CC(=O)C3=C(C2)Nc2ccccc2N[C@H]3c2ccccc2C(F)(F)F)cc1. The van der Waals surface area contributed by atoms with Crippen LogP contribution in [0.3, 0.4) is 0 Å². The van der Waals surface area contributed by atoms with E-state index >= 15 is 0 Å². The van der Waals surface area contributed by atoms with Crippen LogP contribution < -0.4 is 15.4 Å². The van der Waals surface area contributed by atoms with Crippen molar-refractivity contribution in [1.29, 1.82) is 0 Å². The molecule has 174 valence electrons. The van der Waals surface area contributed by atoms with Gasteiger partial charge in [0, 0.05) is 17.7 Å². The highest BCUT2D eigenvalue weighted by Crippen LogP contribution is 2.46. The summed E-state index contributed by atoms with van der Waals surface area (Å²) in [5.74, 6) is 0.464. The van der Waals surface area contributed by atoms with Crippen LogP contribution >= 0.6 is 0 Å². The molecule has 2 N–H and O–H groups in total. The Kier molecular flexibility index (Phi) is 5.55. The van der Waals surface area contributed by atoms with Gasteiger partial charge in [0.2, 0.25) is 0 Å². The average Bonchev–Trinajstić information content (AvgIpc) is 3.00. The molecule has 0 saturated carbocycles. The fourth-order valence-electron chi connectivity index (χ4n) is 4.84. The molecule has 5 rings (SSSR count). The molecule has 4 nitrogen and oxygen atoms in total. The number of nitrogens with one attached hydrogen (secondary N) is 2. The number of carbonyl (C=O) groups is 1. The van der Waals surface area contributed by atoms with Crippen LogP contribution in [0.5, 0.6) is 5.75 Å². The van der Waals surface area contributed by atoms with Crippen LogP contribution in [0, 0.1) is 0 Å². The Morgan fingerprint density at radius 3 is 2.26 bits per heavy atom. The number of carbonyl (C=O) groups excluding carboxylic acids is 1. The highest BCUT2D eigenvalue weighted by atomic mass is 19.4. The van der Waals surface area contributed by atoms with Crippen molar-refractivity contribution in [2.45, 2.75) is 31.0 Å². The lowest BCUT2D eigenvalue weighted by molar-refractivity contribution is -0.138. The molecule has 1 aliphatic heterocycles. The Hall–Kier alpha value is -3.74. The van der Waals surface area contributed by atoms with Gasteiger partial charge in [-0.2, -0.15) is 13.2 Å². The fourth-order valence-corrected chi connectivity index (χ4v) is 4.84. The smallest absolute Gasteiger partial charge is 0.416 e. The number of Topliss-reactive ketones (excluding diaryl/α,β-unsaturated/α-hetero) is 1. The molecule has 2 aliphatic rings. The Labute approximate surface area is 195 Å². The molecule has 0 bridgehead atoms. The Balaban J connectivity index is 1.62. The van der Waals surface area contributed by atoms with Crippen LogP contribution in [-0.4, -0.2) is 12.9 Å². The Morgan fingerprint density at radius 1 is 0.882 bits per heavy atom. The summed E-state index contributed by atoms with van der Waals surface area (Å²) in [6.07, 6.45) is -3.81. The second-order valence-electron chi connectivity index (χ2n) is 8.53. The lowest BCUT2D eigenvalue weighted by atomic mass is 9.78. The third-order valence-electron chi connectivity index (χ3n) is 6.47. The van der Waals surface area contributed by atoms with Crippen LogP contribution in [0.4, 0.5) is 24.5 Å². The van der Waals surface area contributed by atoms with Crippen LogP contribution in [0.15, 0.2) is 84.1 Å². The first-order chi connectivity index (χ1) is 16.3. The summed E-state index contributed by atoms with van der Waals surface area (Å²) in [4.78, 5) is 13.5. The number of alkyl halides is 3. The normalized spacial score (nSPS) is 19.9. The molecule has 0 spiro atoms. The molecule has 34 heavy (non-hydrogen) atoms. The number of ether oxygens (including phenoxy) is 1. The molecule has 3 aromatic rings. The predicted molar refractivity (Wildman–Crippen MR) is 125 cm³/mol. The summed E-state index contributed by atoms with van der Waals surface area (Å²) in [7, 11) is 1.59. The lowest BCUT2D eigenvalue weighted by Gasteiger charge is -2.31. The largest absolute Gasteiger partial charge is 0.497 e. The van der Waals surface area contributed by atoms with Gasteiger partial charge < -0.3 is 15.4 Å². The van der Waals surface area contributed by atoms with Crippen molar-refractivity contribution < 1.29 is 22.7 Å². The van der Waals surface area contributed by atoms with E-state index < -0.39 is 17.8 Å². The maximum atomic E-state index is 13.9. The van der Waals surface area contributed by atoms with Gasteiger partial charge in [-0.1, -0.05) is 42.5 Å². The fraction of sp³-hybridized carbons (Fsp3) is 0.222. The van der Waals surface area contributed by atoms with Crippen molar-refractivity contribution in [2.24, 2.45) is 0 Å². The topological polar surface area (TPSA) is 50.4 Å². The molecular weight excluding hydrogens is 441 g/mol. The monoisotopic (exact) mass is 464 g/mol. The molecule has 3 aromatic carbocycles. The van der Waals surface area contributed by atoms with Gasteiger partial charge in [0.15, 0.2) is 5.78 Å². The van der Waals surface area contributed by atoms with E-state index in [-0.39, 0.29) is 23.7 Å². The third kappa shape index (κ3) is 4.02. The van der Waals surface area contributed by atoms with Crippen molar-refractivity contribution in [2.75, 3.05) is 17.7 Å². The van der Waals surface area contributed by atoms with Gasteiger partial charge in [-0.15, -0.1) is 0 Å². The molecule has 0 amide bonds. The minimum Gasteiger partial charge on any atom is -0.497 e. The van der Waals surface area contributed by atoms with Crippen molar-refractivity contribution in [1.82, 2.24) is 0 Å². The number of fused-ring (bicyclic) bond motifs is 1. The van der Waals surface area contributed by atoms with E-state index in [1.54, 1.807) is 19.2 Å². The number of rotatable bonds is 3. The first-order valence-corrected chi connectivity index (χ1v) is 11.0. The minimum absolute atomic E-state index is 0.0391. The molecule has 1 heterocycles. The number of hydrogen-bond acceptors (Lipinski definition) is 4.